The molecule has 38 heavy (non-hydrogen) atoms. The average molecular weight is 551 g/mol. The van der Waals surface area contributed by atoms with Crippen LogP contribution in [0.15, 0.2) is 0 Å². The fourth-order valence-corrected chi connectivity index (χ4v) is 3.09. The minimum absolute atomic E-state index is 0.146. The van der Waals surface area contributed by atoms with Gasteiger partial charge in [-0.1, -0.05) is 39.0 Å². The van der Waals surface area contributed by atoms with Gasteiger partial charge in [-0.15, -0.1) is 0 Å². The molecule has 0 spiro atoms. The summed E-state index contributed by atoms with van der Waals surface area (Å²) in [5, 5.41) is 0. The number of ether oxygens (including phenoxy) is 8. The number of hydrogen-bond acceptors (Lipinski definition) is 10. The molecule has 10 heteroatoms. The third kappa shape index (κ3) is 30.9. The second-order valence-corrected chi connectivity index (χ2v) is 9.75. The van der Waals surface area contributed by atoms with Crippen molar-refractivity contribution in [3.05, 3.63) is 0 Å². The molecule has 10 nitrogen and oxygen atoms in total. The Bertz CT molecular complexity index is 536. The van der Waals surface area contributed by atoms with Crippen molar-refractivity contribution in [1.29, 1.82) is 0 Å². The van der Waals surface area contributed by atoms with Crippen molar-refractivity contribution in [2.24, 2.45) is 0 Å². The molecule has 0 heterocycles. The van der Waals surface area contributed by atoms with E-state index in [0.29, 0.717) is 85.7 Å². The molecule has 0 fully saturated rings. The summed E-state index contributed by atoms with van der Waals surface area (Å²) in [4.78, 5) is 23.2. The van der Waals surface area contributed by atoms with Crippen LogP contribution in [-0.2, 0) is 47.5 Å². The summed E-state index contributed by atoms with van der Waals surface area (Å²) in [6, 6.07) is 0. The fourth-order valence-electron chi connectivity index (χ4n) is 3.09. The summed E-state index contributed by atoms with van der Waals surface area (Å²) in [5.74, 6) is -0.410. The van der Waals surface area contributed by atoms with Gasteiger partial charge < -0.3 is 37.9 Å². The molecule has 0 saturated heterocycles. The first-order chi connectivity index (χ1) is 18.3. The molecule has 0 aliphatic rings. The first-order valence-corrected chi connectivity index (χ1v) is 14.2. The zero-order chi connectivity index (χ0) is 28.2. The highest BCUT2D eigenvalue weighted by Gasteiger charge is 2.15. The van der Waals surface area contributed by atoms with E-state index >= 15 is 0 Å². The minimum atomic E-state index is -0.471. The molecule has 0 aromatic heterocycles. The summed E-state index contributed by atoms with van der Waals surface area (Å²) < 4.78 is 42.8. The van der Waals surface area contributed by atoms with E-state index < -0.39 is 5.60 Å². The van der Waals surface area contributed by atoms with Crippen molar-refractivity contribution in [1.82, 2.24) is 0 Å². The lowest BCUT2D eigenvalue weighted by Gasteiger charge is -2.19. The van der Waals surface area contributed by atoms with Gasteiger partial charge in [0.25, 0.3) is 0 Å². The summed E-state index contributed by atoms with van der Waals surface area (Å²) in [7, 11) is 0. The van der Waals surface area contributed by atoms with Crippen molar-refractivity contribution >= 4 is 11.9 Å². The van der Waals surface area contributed by atoms with E-state index in [4.69, 9.17) is 37.9 Å². The third-order valence-corrected chi connectivity index (χ3v) is 4.96. The quantitative estimate of drug-likeness (QED) is 0.104. The lowest BCUT2D eigenvalue weighted by molar-refractivity contribution is -0.156. The molecule has 0 saturated carbocycles. The van der Waals surface area contributed by atoms with Crippen molar-refractivity contribution in [3.63, 3.8) is 0 Å². The number of carbonyl (C=O) groups excluding carboxylic acids is 2. The normalized spacial score (nSPS) is 11.6. The predicted octanol–water partition coefficient (Wildman–Crippen LogP) is 4.11. The molecular weight excluding hydrogens is 496 g/mol. The average Bonchev–Trinajstić information content (AvgIpc) is 2.86. The summed E-state index contributed by atoms with van der Waals surface area (Å²) in [5.41, 5.74) is -0.471. The lowest BCUT2D eigenvalue weighted by Crippen LogP contribution is -2.24. The smallest absolute Gasteiger partial charge is 0.308 e. The van der Waals surface area contributed by atoms with E-state index in [9.17, 15) is 9.59 Å². The van der Waals surface area contributed by atoms with E-state index in [2.05, 4.69) is 6.92 Å². The van der Waals surface area contributed by atoms with Gasteiger partial charge >= 0.3 is 11.9 Å². The molecule has 0 radical (unpaired) electrons. The van der Waals surface area contributed by atoms with Crippen molar-refractivity contribution in [2.75, 3.05) is 85.9 Å². The maximum atomic E-state index is 11.6. The van der Waals surface area contributed by atoms with Crippen LogP contribution >= 0.6 is 0 Å². The van der Waals surface area contributed by atoms with Crippen LogP contribution in [-0.4, -0.2) is 103 Å². The van der Waals surface area contributed by atoms with Gasteiger partial charge in [-0.25, -0.2) is 0 Å². The Hall–Kier alpha value is -1.30. The van der Waals surface area contributed by atoms with Crippen LogP contribution in [0.2, 0.25) is 0 Å². The number of hydrogen-bond donors (Lipinski definition) is 0. The summed E-state index contributed by atoms with van der Waals surface area (Å²) >= 11 is 0. The van der Waals surface area contributed by atoms with Gasteiger partial charge in [0.1, 0.15) is 12.2 Å². The number of rotatable bonds is 28. The highest BCUT2D eigenvalue weighted by molar-refractivity contribution is 5.70. The van der Waals surface area contributed by atoms with Crippen LogP contribution in [0.4, 0.5) is 0 Å². The van der Waals surface area contributed by atoms with E-state index in [1.54, 1.807) is 0 Å². The molecule has 0 N–H and O–H groups in total. The zero-order valence-corrected chi connectivity index (χ0v) is 24.4. The van der Waals surface area contributed by atoms with Gasteiger partial charge in [0.2, 0.25) is 0 Å². The first-order valence-electron chi connectivity index (χ1n) is 14.2. The van der Waals surface area contributed by atoms with Gasteiger partial charge in [0, 0.05) is 6.42 Å². The highest BCUT2D eigenvalue weighted by Crippen LogP contribution is 2.08. The topological polar surface area (TPSA) is 108 Å². The van der Waals surface area contributed by atoms with Gasteiger partial charge in [-0.3, -0.25) is 9.59 Å². The second kappa shape index (κ2) is 27.3. The standard InChI is InChI=1S/C28H54O10/c1-5-6-7-8-9-10-11-26(29)37-25-24-36-23-22-35-21-20-34-19-18-33-17-16-32-15-14-31-13-12-27(30)38-28(2,3)4/h5-25H2,1-4H3. The third-order valence-electron chi connectivity index (χ3n) is 4.96. The van der Waals surface area contributed by atoms with Crippen LogP contribution in [0, 0.1) is 0 Å². The Balaban J connectivity index is 3.17. The Morgan fingerprint density at radius 1 is 0.474 bits per heavy atom. The van der Waals surface area contributed by atoms with E-state index in [1.165, 1.54) is 25.7 Å². The highest BCUT2D eigenvalue weighted by atomic mass is 16.6. The Morgan fingerprint density at radius 3 is 1.32 bits per heavy atom. The molecule has 0 aliphatic carbocycles. The van der Waals surface area contributed by atoms with Crippen LogP contribution in [0.5, 0.6) is 0 Å². The summed E-state index contributed by atoms with van der Waals surface area (Å²) in [6.07, 6.45) is 7.65. The number of unbranched alkanes of at least 4 members (excludes halogenated alkanes) is 5. The van der Waals surface area contributed by atoms with Crippen LogP contribution < -0.4 is 0 Å². The lowest BCUT2D eigenvalue weighted by atomic mass is 10.1. The molecule has 0 bridgehead atoms. The molecule has 0 atom stereocenters. The monoisotopic (exact) mass is 550 g/mol. The first kappa shape index (κ1) is 36.7. The zero-order valence-electron chi connectivity index (χ0n) is 24.4. The Morgan fingerprint density at radius 2 is 0.868 bits per heavy atom. The van der Waals surface area contributed by atoms with Crippen LogP contribution in [0.1, 0.15) is 79.1 Å². The van der Waals surface area contributed by atoms with Crippen molar-refractivity contribution in [2.45, 2.75) is 84.7 Å². The fraction of sp³-hybridized carbons (Fsp3) is 0.929. The minimum Gasteiger partial charge on any atom is -0.463 e. The van der Waals surface area contributed by atoms with E-state index in [0.717, 1.165) is 12.8 Å². The number of esters is 2. The molecule has 0 aliphatic heterocycles. The van der Waals surface area contributed by atoms with Crippen molar-refractivity contribution < 1.29 is 47.5 Å². The SMILES string of the molecule is CCCCCCCCC(=O)OCCOCCOCCOCCOCCOCCOCCC(=O)OC(C)(C)C. The van der Waals surface area contributed by atoms with Gasteiger partial charge in [-0.05, 0) is 27.2 Å². The molecule has 226 valence electrons. The van der Waals surface area contributed by atoms with E-state index in [1.807, 2.05) is 20.8 Å². The molecule has 0 aromatic rings. The van der Waals surface area contributed by atoms with Crippen LogP contribution in [0.3, 0.4) is 0 Å². The molecule has 0 amide bonds. The predicted molar refractivity (Wildman–Crippen MR) is 144 cm³/mol. The second-order valence-electron chi connectivity index (χ2n) is 9.75. The van der Waals surface area contributed by atoms with E-state index in [-0.39, 0.29) is 25.0 Å². The van der Waals surface area contributed by atoms with Crippen molar-refractivity contribution in [3.8, 4) is 0 Å². The Labute approximate surface area is 230 Å². The largest absolute Gasteiger partial charge is 0.463 e. The van der Waals surface area contributed by atoms with Crippen LogP contribution in [0.25, 0.3) is 0 Å². The molecule has 0 aromatic carbocycles. The maximum absolute atomic E-state index is 11.6. The Kier molecular flexibility index (Phi) is 26.3. The van der Waals surface area contributed by atoms with Gasteiger partial charge in [-0.2, -0.15) is 0 Å². The molecule has 0 rings (SSSR count). The van der Waals surface area contributed by atoms with Gasteiger partial charge in [0.05, 0.1) is 85.7 Å². The number of carbonyl (C=O) groups is 2. The maximum Gasteiger partial charge on any atom is 0.308 e. The van der Waals surface area contributed by atoms with Gasteiger partial charge in [0.15, 0.2) is 0 Å². The molecular formula is C28H54O10. The summed E-state index contributed by atoms with van der Waals surface area (Å²) in [6.45, 7) is 13.3. The molecule has 0 unspecified atom stereocenters.